The lowest BCUT2D eigenvalue weighted by atomic mass is 10.1. The SMILES string of the molecule is CC(C)Oc1cc(Br)cc(C(=O)N(C)C2(CO)CC2)c1. The van der Waals surface area contributed by atoms with Crippen LogP contribution in [-0.2, 0) is 0 Å². The van der Waals surface area contributed by atoms with Crippen molar-refractivity contribution in [2.75, 3.05) is 13.7 Å². The Morgan fingerprint density at radius 3 is 2.60 bits per heavy atom. The maximum Gasteiger partial charge on any atom is 0.254 e. The van der Waals surface area contributed by atoms with Gasteiger partial charge in [-0.15, -0.1) is 0 Å². The molecule has 20 heavy (non-hydrogen) atoms. The molecule has 1 aliphatic carbocycles. The summed E-state index contributed by atoms with van der Waals surface area (Å²) in [4.78, 5) is 14.2. The molecule has 1 saturated carbocycles. The predicted molar refractivity (Wildman–Crippen MR) is 81.1 cm³/mol. The van der Waals surface area contributed by atoms with E-state index >= 15 is 0 Å². The summed E-state index contributed by atoms with van der Waals surface area (Å²) in [6.07, 6.45) is 1.77. The molecule has 5 heteroatoms. The highest BCUT2D eigenvalue weighted by atomic mass is 79.9. The Balaban J connectivity index is 2.23. The Bertz CT molecular complexity index is 512. The molecule has 0 atom stereocenters. The van der Waals surface area contributed by atoms with E-state index in [4.69, 9.17) is 4.74 Å². The summed E-state index contributed by atoms with van der Waals surface area (Å²) in [5, 5.41) is 9.42. The van der Waals surface area contributed by atoms with Crippen LogP contribution >= 0.6 is 15.9 Å². The zero-order valence-corrected chi connectivity index (χ0v) is 13.6. The summed E-state index contributed by atoms with van der Waals surface area (Å²) in [5.74, 6) is 0.575. The number of benzene rings is 1. The largest absolute Gasteiger partial charge is 0.491 e. The van der Waals surface area contributed by atoms with Crippen LogP contribution in [-0.4, -0.2) is 41.2 Å². The second kappa shape index (κ2) is 5.74. The minimum absolute atomic E-state index is 0.0125. The fourth-order valence-corrected chi connectivity index (χ4v) is 2.65. The first-order chi connectivity index (χ1) is 9.38. The van der Waals surface area contributed by atoms with Crippen molar-refractivity contribution in [3.05, 3.63) is 28.2 Å². The van der Waals surface area contributed by atoms with E-state index in [1.807, 2.05) is 19.9 Å². The zero-order chi connectivity index (χ0) is 14.9. The molecule has 1 aromatic rings. The van der Waals surface area contributed by atoms with Crippen LogP contribution < -0.4 is 4.74 Å². The summed E-state index contributed by atoms with van der Waals surface area (Å²) >= 11 is 3.40. The predicted octanol–water partition coefficient (Wildman–Crippen LogP) is 2.83. The maximum atomic E-state index is 12.5. The topological polar surface area (TPSA) is 49.8 Å². The molecule has 0 unspecified atom stereocenters. The lowest BCUT2D eigenvalue weighted by Gasteiger charge is -2.26. The van der Waals surface area contributed by atoms with Crippen molar-refractivity contribution >= 4 is 21.8 Å². The van der Waals surface area contributed by atoms with E-state index < -0.39 is 0 Å². The molecule has 0 saturated heterocycles. The van der Waals surface area contributed by atoms with E-state index in [1.165, 1.54) is 0 Å². The molecular weight excluding hydrogens is 322 g/mol. The lowest BCUT2D eigenvalue weighted by Crippen LogP contribution is -2.41. The van der Waals surface area contributed by atoms with E-state index in [1.54, 1.807) is 24.1 Å². The molecule has 0 aromatic heterocycles. The average molecular weight is 342 g/mol. The van der Waals surface area contributed by atoms with Gasteiger partial charge in [-0.3, -0.25) is 4.79 Å². The highest BCUT2D eigenvalue weighted by Gasteiger charge is 2.48. The molecule has 1 amide bonds. The summed E-state index contributed by atoms with van der Waals surface area (Å²) in [7, 11) is 1.75. The fraction of sp³-hybridized carbons (Fsp3) is 0.533. The third kappa shape index (κ3) is 3.15. The van der Waals surface area contributed by atoms with Gasteiger partial charge in [-0.2, -0.15) is 0 Å². The van der Waals surface area contributed by atoms with Crippen molar-refractivity contribution in [2.45, 2.75) is 38.3 Å². The third-order valence-electron chi connectivity index (χ3n) is 3.63. The Morgan fingerprint density at radius 1 is 1.45 bits per heavy atom. The molecule has 0 spiro atoms. The molecular formula is C15H20BrNO3. The molecule has 0 bridgehead atoms. The number of halogens is 1. The van der Waals surface area contributed by atoms with Crippen LogP contribution in [0, 0.1) is 0 Å². The number of carbonyl (C=O) groups is 1. The van der Waals surface area contributed by atoms with E-state index in [9.17, 15) is 9.90 Å². The second-order valence-electron chi connectivity index (χ2n) is 5.59. The highest BCUT2D eigenvalue weighted by Crippen LogP contribution is 2.41. The minimum Gasteiger partial charge on any atom is -0.491 e. The number of carbonyl (C=O) groups excluding carboxylic acids is 1. The number of nitrogens with zero attached hydrogens (tertiary/aromatic N) is 1. The van der Waals surface area contributed by atoms with Crippen molar-refractivity contribution < 1.29 is 14.6 Å². The Hall–Kier alpha value is -1.07. The molecule has 4 nitrogen and oxygen atoms in total. The van der Waals surface area contributed by atoms with Gasteiger partial charge in [-0.25, -0.2) is 0 Å². The van der Waals surface area contributed by atoms with Crippen LogP contribution in [0.2, 0.25) is 0 Å². The Morgan fingerprint density at radius 2 is 2.10 bits per heavy atom. The normalized spacial score (nSPS) is 16.1. The van der Waals surface area contributed by atoms with Crippen molar-refractivity contribution in [2.24, 2.45) is 0 Å². The number of rotatable bonds is 5. The van der Waals surface area contributed by atoms with Gasteiger partial charge in [0.15, 0.2) is 0 Å². The molecule has 0 heterocycles. The van der Waals surface area contributed by atoms with Gasteiger partial charge in [0.2, 0.25) is 0 Å². The van der Waals surface area contributed by atoms with E-state index in [-0.39, 0.29) is 24.2 Å². The Kier molecular flexibility index (Phi) is 4.39. The molecule has 1 aromatic carbocycles. The number of amides is 1. The molecule has 0 radical (unpaired) electrons. The summed E-state index contributed by atoms with van der Waals surface area (Å²) < 4.78 is 6.45. The summed E-state index contributed by atoms with van der Waals surface area (Å²) in [6.45, 7) is 3.90. The van der Waals surface area contributed by atoms with Gasteiger partial charge in [0.25, 0.3) is 5.91 Å². The molecule has 1 fully saturated rings. The van der Waals surface area contributed by atoms with Gasteiger partial charge in [0.05, 0.1) is 18.2 Å². The summed E-state index contributed by atoms with van der Waals surface area (Å²) in [6, 6.07) is 5.37. The molecule has 0 aliphatic heterocycles. The number of hydrogen-bond donors (Lipinski definition) is 1. The van der Waals surface area contributed by atoms with Crippen LogP contribution in [0.4, 0.5) is 0 Å². The number of aliphatic hydroxyl groups excluding tert-OH is 1. The fourth-order valence-electron chi connectivity index (χ4n) is 2.18. The van der Waals surface area contributed by atoms with Crippen LogP contribution in [0.5, 0.6) is 5.75 Å². The molecule has 110 valence electrons. The molecule has 1 N–H and O–H groups in total. The van der Waals surface area contributed by atoms with Crippen LogP contribution in [0.15, 0.2) is 22.7 Å². The standard InChI is InChI=1S/C15H20BrNO3/c1-10(2)20-13-7-11(6-12(16)8-13)14(19)17(3)15(9-18)4-5-15/h6-8,10,18H,4-5,9H2,1-3H3. The van der Waals surface area contributed by atoms with E-state index in [2.05, 4.69) is 15.9 Å². The quantitative estimate of drug-likeness (QED) is 0.895. The first-order valence-corrected chi connectivity index (χ1v) is 7.53. The van der Waals surface area contributed by atoms with E-state index in [0.717, 1.165) is 17.3 Å². The highest BCUT2D eigenvalue weighted by molar-refractivity contribution is 9.10. The van der Waals surface area contributed by atoms with Crippen LogP contribution in [0.3, 0.4) is 0 Å². The Labute approximate surface area is 127 Å². The average Bonchev–Trinajstić information content (AvgIpc) is 3.16. The van der Waals surface area contributed by atoms with Gasteiger partial charge in [0.1, 0.15) is 5.75 Å². The summed E-state index contributed by atoms with van der Waals surface area (Å²) in [5.41, 5.74) is 0.204. The van der Waals surface area contributed by atoms with Gasteiger partial charge in [0, 0.05) is 17.1 Å². The second-order valence-corrected chi connectivity index (χ2v) is 6.50. The molecule has 2 rings (SSSR count). The van der Waals surface area contributed by atoms with Gasteiger partial charge in [-0.05, 0) is 44.9 Å². The number of ether oxygens (including phenoxy) is 1. The zero-order valence-electron chi connectivity index (χ0n) is 12.0. The van der Waals surface area contributed by atoms with E-state index in [0.29, 0.717) is 11.3 Å². The van der Waals surface area contributed by atoms with Gasteiger partial charge >= 0.3 is 0 Å². The van der Waals surface area contributed by atoms with Crippen LogP contribution in [0.1, 0.15) is 37.0 Å². The monoisotopic (exact) mass is 341 g/mol. The molecule has 1 aliphatic rings. The maximum absolute atomic E-state index is 12.5. The van der Waals surface area contributed by atoms with Gasteiger partial charge < -0.3 is 14.7 Å². The van der Waals surface area contributed by atoms with Crippen molar-refractivity contribution in [1.29, 1.82) is 0 Å². The van der Waals surface area contributed by atoms with Crippen molar-refractivity contribution in [1.82, 2.24) is 4.90 Å². The number of likely N-dealkylation sites (N-methyl/N-ethyl adjacent to an activating group) is 1. The number of aliphatic hydroxyl groups is 1. The lowest BCUT2D eigenvalue weighted by molar-refractivity contribution is 0.0619. The van der Waals surface area contributed by atoms with Crippen molar-refractivity contribution in [3.8, 4) is 5.75 Å². The minimum atomic E-state index is -0.363. The van der Waals surface area contributed by atoms with Gasteiger partial charge in [-0.1, -0.05) is 15.9 Å². The smallest absolute Gasteiger partial charge is 0.254 e. The number of hydrogen-bond acceptors (Lipinski definition) is 3. The third-order valence-corrected chi connectivity index (χ3v) is 4.09. The van der Waals surface area contributed by atoms with Crippen LogP contribution in [0.25, 0.3) is 0 Å². The van der Waals surface area contributed by atoms with Crippen molar-refractivity contribution in [3.63, 3.8) is 0 Å². The first kappa shape index (κ1) is 15.3. The first-order valence-electron chi connectivity index (χ1n) is 6.74.